The standard InChI is InChI=1S/C5H11NO.C2HF3O2/c1-7-4-5-2-3-6-5;3-2(4,5)1(6)7/h5-6H,2-4H2,1H3;(H,6,7)/t5-;/m1./s1. The van der Waals surface area contributed by atoms with E-state index in [0.29, 0.717) is 6.04 Å². The molecule has 84 valence electrons. The minimum absolute atomic E-state index is 0.657. The smallest absolute Gasteiger partial charge is 0.475 e. The Hall–Kier alpha value is -0.820. The van der Waals surface area contributed by atoms with Crippen LogP contribution in [0.25, 0.3) is 0 Å². The molecule has 0 radical (unpaired) electrons. The van der Waals surface area contributed by atoms with Gasteiger partial charge in [0.1, 0.15) is 0 Å². The van der Waals surface area contributed by atoms with Crippen molar-refractivity contribution >= 4 is 5.97 Å². The molecule has 0 spiro atoms. The molecule has 1 rings (SSSR count). The van der Waals surface area contributed by atoms with Crippen LogP contribution < -0.4 is 5.32 Å². The average Bonchev–Trinajstić information content (AvgIpc) is 1.96. The second kappa shape index (κ2) is 5.82. The number of aliphatic carboxylic acids is 1. The maximum atomic E-state index is 10.6. The van der Waals surface area contributed by atoms with Gasteiger partial charge in [-0.25, -0.2) is 4.79 Å². The predicted molar refractivity (Wildman–Crippen MR) is 42.0 cm³/mol. The Kier molecular flexibility index (Phi) is 5.47. The molecule has 0 bridgehead atoms. The van der Waals surface area contributed by atoms with E-state index in [0.717, 1.165) is 6.61 Å². The molecule has 1 saturated heterocycles. The molecule has 0 aromatic rings. The minimum atomic E-state index is -5.08. The minimum Gasteiger partial charge on any atom is -0.475 e. The van der Waals surface area contributed by atoms with Gasteiger partial charge >= 0.3 is 12.1 Å². The van der Waals surface area contributed by atoms with E-state index in [1.165, 1.54) is 13.0 Å². The Morgan fingerprint density at radius 3 is 2.14 bits per heavy atom. The largest absolute Gasteiger partial charge is 0.490 e. The number of hydrogen-bond donors (Lipinski definition) is 2. The van der Waals surface area contributed by atoms with E-state index in [1.807, 2.05) is 0 Å². The van der Waals surface area contributed by atoms with Gasteiger partial charge in [-0.1, -0.05) is 0 Å². The second-order valence-electron chi connectivity index (χ2n) is 2.70. The molecule has 1 aliphatic heterocycles. The predicted octanol–water partition coefficient (Wildman–Crippen LogP) is 0.628. The van der Waals surface area contributed by atoms with Crippen LogP contribution in [0.4, 0.5) is 13.2 Å². The van der Waals surface area contributed by atoms with Gasteiger partial charge in [-0.2, -0.15) is 13.2 Å². The van der Waals surface area contributed by atoms with Crippen molar-refractivity contribution in [2.24, 2.45) is 0 Å². The van der Waals surface area contributed by atoms with Crippen molar-refractivity contribution in [2.45, 2.75) is 18.6 Å². The van der Waals surface area contributed by atoms with Crippen molar-refractivity contribution in [3.63, 3.8) is 0 Å². The van der Waals surface area contributed by atoms with Crippen LogP contribution in [-0.4, -0.2) is 43.6 Å². The number of methoxy groups -OCH3 is 1. The van der Waals surface area contributed by atoms with Gasteiger partial charge < -0.3 is 15.2 Å². The summed E-state index contributed by atoms with van der Waals surface area (Å²) in [5, 5.41) is 10.3. The number of nitrogens with one attached hydrogen (secondary N) is 1. The molecule has 1 aliphatic rings. The Labute approximate surface area is 79.0 Å². The van der Waals surface area contributed by atoms with Gasteiger partial charge in [0.05, 0.1) is 6.61 Å². The SMILES string of the molecule is COC[C@H]1CCN1.O=C(O)C(F)(F)F. The van der Waals surface area contributed by atoms with E-state index < -0.39 is 12.1 Å². The van der Waals surface area contributed by atoms with Gasteiger partial charge in [0.2, 0.25) is 0 Å². The molecular formula is C7H12F3NO3. The van der Waals surface area contributed by atoms with Gasteiger partial charge in [-0.15, -0.1) is 0 Å². The van der Waals surface area contributed by atoms with Gasteiger partial charge in [0.25, 0.3) is 0 Å². The van der Waals surface area contributed by atoms with E-state index in [4.69, 9.17) is 14.6 Å². The van der Waals surface area contributed by atoms with Crippen molar-refractivity contribution in [1.29, 1.82) is 0 Å². The van der Waals surface area contributed by atoms with E-state index >= 15 is 0 Å². The van der Waals surface area contributed by atoms with Gasteiger partial charge in [-0.05, 0) is 13.0 Å². The summed E-state index contributed by atoms with van der Waals surface area (Å²) in [7, 11) is 1.74. The van der Waals surface area contributed by atoms with Crippen molar-refractivity contribution in [3.05, 3.63) is 0 Å². The molecule has 0 saturated carbocycles. The summed E-state index contributed by atoms with van der Waals surface area (Å²) in [6, 6.07) is 0.657. The number of halogens is 3. The van der Waals surface area contributed by atoms with Crippen molar-refractivity contribution in [2.75, 3.05) is 20.3 Å². The molecule has 1 atom stereocenters. The van der Waals surface area contributed by atoms with E-state index in [-0.39, 0.29) is 0 Å². The molecule has 1 heterocycles. The number of carbonyl (C=O) groups is 1. The molecule has 1 fully saturated rings. The van der Waals surface area contributed by atoms with Crippen molar-refractivity contribution < 1.29 is 27.8 Å². The summed E-state index contributed by atoms with van der Waals surface area (Å²) in [4.78, 5) is 8.90. The van der Waals surface area contributed by atoms with Crippen LogP contribution in [0.2, 0.25) is 0 Å². The lowest BCUT2D eigenvalue weighted by Crippen LogP contribution is -2.45. The summed E-state index contributed by atoms with van der Waals surface area (Å²) >= 11 is 0. The third-order valence-electron chi connectivity index (χ3n) is 1.54. The first kappa shape index (κ1) is 13.2. The lowest BCUT2D eigenvalue weighted by Gasteiger charge is -2.26. The first-order valence-corrected chi connectivity index (χ1v) is 3.90. The quantitative estimate of drug-likeness (QED) is 0.709. The molecule has 0 unspecified atom stereocenters. The maximum absolute atomic E-state index is 10.6. The summed E-state index contributed by atoms with van der Waals surface area (Å²) in [5.41, 5.74) is 0. The molecule has 0 aliphatic carbocycles. The van der Waals surface area contributed by atoms with E-state index in [1.54, 1.807) is 7.11 Å². The highest BCUT2D eigenvalue weighted by Crippen LogP contribution is 2.13. The van der Waals surface area contributed by atoms with Crippen LogP contribution in [0.5, 0.6) is 0 Å². The fourth-order valence-electron chi connectivity index (χ4n) is 0.692. The van der Waals surface area contributed by atoms with Gasteiger partial charge in [0.15, 0.2) is 0 Å². The third kappa shape index (κ3) is 5.76. The monoisotopic (exact) mass is 215 g/mol. The van der Waals surface area contributed by atoms with Crippen molar-refractivity contribution in [1.82, 2.24) is 5.32 Å². The molecule has 0 aromatic heterocycles. The van der Waals surface area contributed by atoms with Gasteiger partial charge in [0, 0.05) is 13.2 Å². The van der Waals surface area contributed by atoms with E-state index in [9.17, 15) is 13.2 Å². The fourth-order valence-corrected chi connectivity index (χ4v) is 0.692. The topological polar surface area (TPSA) is 58.6 Å². The normalized spacial score (nSPS) is 20.4. The van der Waals surface area contributed by atoms with E-state index in [2.05, 4.69) is 5.32 Å². The second-order valence-corrected chi connectivity index (χ2v) is 2.70. The van der Waals surface area contributed by atoms with Crippen molar-refractivity contribution in [3.8, 4) is 0 Å². The zero-order valence-electron chi connectivity index (χ0n) is 7.60. The number of hydrogen-bond acceptors (Lipinski definition) is 3. The number of ether oxygens (including phenoxy) is 1. The Morgan fingerprint density at radius 1 is 1.64 bits per heavy atom. The summed E-state index contributed by atoms with van der Waals surface area (Å²) in [6.45, 7) is 2.05. The molecule has 2 N–H and O–H groups in total. The number of alkyl halides is 3. The van der Waals surface area contributed by atoms with Crippen LogP contribution in [0.3, 0.4) is 0 Å². The first-order valence-electron chi connectivity index (χ1n) is 3.90. The number of carboxylic acids is 1. The van der Waals surface area contributed by atoms with Crippen LogP contribution >= 0.6 is 0 Å². The molecule has 14 heavy (non-hydrogen) atoms. The summed E-state index contributed by atoms with van der Waals surface area (Å²) in [6.07, 6.45) is -3.80. The highest BCUT2D eigenvalue weighted by Gasteiger charge is 2.38. The maximum Gasteiger partial charge on any atom is 0.490 e. The van der Waals surface area contributed by atoms with Crippen LogP contribution in [0.1, 0.15) is 6.42 Å². The lowest BCUT2D eigenvalue weighted by atomic mass is 10.1. The Bertz CT molecular complexity index is 180. The Balaban J connectivity index is 0.000000241. The molecule has 4 nitrogen and oxygen atoms in total. The number of carboxylic acid groups (broad SMARTS) is 1. The lowest BCUT2D eigenvalue weighted by molar-refractivity contribution is -0.192. The fraction of sp³-hybridized carbons (Fsp3) is 0.857. The van der Waals surface area contributed by atoms with Gasteiger partial charge in [-0.3, -0.25) is 0 Å². The molecule has 7 heteroatoms. The Morgan fingerprint density at radius 2 is 2.07 bits per heavy atom. The molecular weight excluding hydrogens is 203 g/mol. The summed E-state index contributed by atoms with van der Waals surface area (Å²) in [5.74, 6) is -2.76. The molecule has 0 amide bonds. The third-order valence-corrected chi connectivity index (χ3v) is 1.54. The van der Waals surface area contributed by atoms with Crippen LogP contribution in [-0.2, 0) is 9.53 Å². The highest BCUT2D eigenvalue weighted by atomic mass is 19.4. The molecule has 0 aromatic carbocycles. The first-order chi connectivity index (χ1) is 6.38. The van der Waals surface area contributed by atoms with Crippen LogP contribution in [0, 0.1) is 0 Å². The zero-order valence-corrected chi connectivity index (χ0v) is 7.60. The zero-order chi connectivity index (χ0) is 11.2. The summed E-state index contributed by atoms with van der Waals surface area (Å²) < 4.78 is 36.6. The number of rotatable bonds is 2. The average molecular weight is 215 g/mol. The van der Waals surface area contributed by atoms with Crippen LogP contribution in [0.15, 0.2) is 0 Å². The highest BCUT2D eigenvalue weighted by molar-refractivity contribution is 5.73.